The van der Waals surface area contributed by atoms with Crippen molar-refractivity contribution >= 4 is 12.2 Å². The molecule has 0 aromatic heterocycles. The molecule has 3 aromatic carbocycles. The lowest BCUT2D eigenvalue weighted by molar-refractivity contribution is 0.143. The van der Waals surface area contributed by atoms with Gasteiger partial charge in [0.25, 0.3) is 0 Å². The maximum absolute atomic E-state index is 12.2. The van der Waals surface area contributed by atoms with Crippen LogP contribution in [-0.2, 0) is 4.74 Å². The Morgan fingerprint density at radius 3 is 2.28 bits per heavy atom. The molecule has 1 amide bonds. The third kappa shape index (κ3) is 4.62. The highest BCUT2D eigenvalue weighted by molar-refractivity contribution is 5.79. The highest BCUT2D eigenvalue weighted by atomic mass is 16.5. The summed E-state index contributed by atoms with van der Waals surface area (Å²) in [4.78, 5) is 12.2. The van der Waals surface area contributed by atoms with E-state index in [1.807, 2.05) is 54.6 Å². The van der Waals surface area contributed by atoms with Gasteiger partial charge in [-0.15, -0.1) is 0 Å². The minimum atomic E-state index is -0.401. The molecule has 0 bridgehead atoms. The van der Waals surface area contributed by atoms with Gasteiger partial charge in [0.15, 0.2) is 0 Å². The average Bonchev–Trinajstić information content (AvgIpc) is 3.16. The molecule has 0 saturated carbocycles. The van der Waals surface area contributed by atoms with Crippen LogP contribution in [0.2, 0.25) is 0 Å². The number of ether oxygens (including phenoxy) is 3. The first kappa shape index (κ1) is 21.5. The number of methoxy groups -OCH3 is 2. The number of hydrogen-bond donors (Lipinski definition) is 1. The molecule has 0 saturated heterocycles. The zero-order valence-corrected chi connectivity index (χ0v) is 18.3. The molecule has 1 aliphatic rings. The Kier molecular flexibility index (Phi) is 6.75. The average molecular weight is 430 g/mol. The van der Waals surface area contributed by atoms with Crippen molar-refractivity contribution in [3.63, 3.8) is 0 Å². The number of carbonyl (C=O) groups excluding carboxylic acids is 1. The van der Waals surface area contributed by atoms with E-state index in [2.05, 4.69) is 29.6 Å². The van der Waals surface area contributed by atoms with Crippen LogP contribution in [-0.4, -0.2) is 33.5 Å². The molecule has 0 radical (unpaired) electrons. The predicted molar refractivity (Wildman–Crippen MR) is 126 cm³/mol. The lowest BCUT2D eigenvalue weighted by atomic mass is 9.98. The van der Waals surface area contributed by atoms with Gasteiger partial charge >= 0.3 is 6.09 Å². The third-order valence-corrected chi connectivity index (χ3v) is 5.66. The van der Waals surface area contributed by atoms with Gasteiger partial charge in [-0.05, 0) is 40.8 Å². The van der Waals surface area contributed by atoms with E-state index in [-0.39, 0.29) is 5.92 Å². The number of nitrogens with one attached hydrogen (secondary N) is 1. The molecule has 164 valence electrons. The van der Waals surface area contributed by atoms with Gasteiger partial charge in [0.2, 0.25) is 0 Å². The lowest BCUT2D eigenvalue weighted by Crippen LogP contribution is -2.26. The zero-order valence-electron chi connectivity index (χ0n) is 18.3. The first-order valence-corrected chi connectivity index (χ1v) is 10.7. The SMILES string of the molecule is COc1ccc(C=CCCNC(=O)OCC2c3ccccc3-c3ccccc32)c(OC)c1. The third-order valence-electron chi connectivity index (χ3n) is 5.66. The van der Waals surface area contributed by atoms with Gasteiger partial charge in [0, 0.05) is 24.1 Å². The Morgan fingerprint density at radius 2 is 1.62 bits per heavy atom. The Labute approximate surface area is 188 Å². The monoisotopic (exact) mass is 429 g/mol. The summed E-state index contributed by atoms with van der Waals surface area (Å²) >= 11 is 0. The van der Waals surface area contributed by atoms with Crippen LogP contribution in [0.15, 0.2) is 72.8 Å². The van der Waals surface area contributed by atoms with Gasteiger partial charge in [-0.25, -0.2) is 4.79 Å². The fourth-order valence-corrected chi connectivity index (χ4v) is 4.07. The van der Waals surface area contributed by atoms with Crippen LogP contribution in [0.5, 0.6) is 11.5 Å². The number of hydrogen-bond acceptors (Lipinski definition) is 4. The summed E-state index contributed by atoms with van der Waals surface area (Å²) in [5, 5.41) is 2.82. The quantitative estimate of drug-likeness (QED) is 0.471. The molecule has 3 aromatic rings. The molecule has 5 nitrogen and oxygen atoms in total. The first-order valence-electron chi connectivity index (χ1n) is 10.7. The molecule has 32 heavy (non-hydrogen) atoms. The maximum atomic E-state index is 12.2. The van der Waals surface area contributed by atoms with E-state index in [0.717, 1.165) is 17.1 Å². The largest absolute Gasteiger partial charge is 0.497 e. The van der Waals surface area contributed by atoms with Gasteiger partial charge in [0.05, 0.1) is 14.2 Å². The zero-order chi connectivity index (χ0) is 22.3. The second-order valence-electron chi connectivity index (χ2n) is 7.55. The Morgan fingerprint density at radius 1 is 0.938 bits per heavy atom. The van der Waals surface area contributed by atoms with Crippen LogP contribution in [0.1, 0.15) is 29.0 Å². The fourth-order valence-electron chi connectivity index (χ4n) is 4.07. The Hall–Kier alpha value is -3.73. The summed E-state index contributed by atoms with van der Waals surface area (Å²) in [7, 11) is 3.25. The summed E-state index contributed by atoms with van der Waals surface area (Å²) in [5.74, 6) is 1.55. The first-order chi connectivity index (χ1) is 15.7. The summed E-state index contributed by atoms with van der Waals surface area (Å²) in [6.07, 6.45) is 4.24. The predicted octanol–water partition coefficient (Wildman–Crippen LogP) is 5.65. The van der Waals surface area contributed by atoms with E-state index in [9.17, 15) is 4.79 Å². The van der Waals surface area contributed by atoms with Gasteiger partial charge in [-0.2, -0.15) is 0 Å². The molecule has 5 heteroatoms. The van der Waals surface area contributed by atoms with E-state index < -0.39 is 6.09 Å². The minimum absolute atomic E-state index is 0.0654. The maximum Gasteiger partial charge on any atom is 0.407 e. The normalized spacial score (nSPS) is 12.3. The molecular weight excluding hydrogens is 402 g/mol. The topological polar surface area (TPSA) is 56.8 Å². The van der Waals surface area contributed by atoms with Crippen LogP contribution in [0.4, 0.5) is 4.79 Å². The smallest absolute Gasteiger partial charge is 0.407 e. The van der Waals surface area contributed by atoms with Crippen molar-refractivity contribution in [2.75, 3.05) is 27.4 Å². The van der Waals surface area contributed by atoms with Gasteiger partial charge in [-0.3, -0.25) is 0 Å². The van der Waals surface area contributed by atoms with E-state index in [1.165, 1.54) is 22.3 Å². The van der Waals surface area contributed by atoms with Gasteiger partial charge in [0.1, 0.15) is 18.1 Å². The van der Waals surface area contributed by atoms with Crippen molar-refractivity contribution < 1.29 is 19.0 Å². The molecule has 0 fully saturated rings. The molecule has 1 N–H and O–H groups in total. The number of carbonyl (C=O) groups is 1. The van der Waals surface area contributed by atoms with Gasteiger partial charge < -0.3 is 19.5 Å². The summed E-state index contributed by atoms with van der Waals surface area (Å²) in [5.41, 5.74) is 5.80. The van der Waals surface area contributed by atoms with Crippen LogP contribution in [0.3, 0.4) is 0 Å². The number of benzene rings is 3. The molecule has 0 spiro atoms. The number of alkyl carbamates (subject to hydrolysis) is 1. The molecule has 0 atom stereocenters. The molecule has 1 aliphatic carbocycles. The highest BCUT2D eigenvalue weighted by Gasteiger charge is 2.28. The van der Waals surface area contributed by atoms with Crippen LogP contribution in [0, 0.1) is 0 Å². The number of fused-ring (bicyclic) bond motifs is 3. The molecule has 0 unspecified atom stereocenters. The molecule has 0 heterocycles. The number of rotatable bonds is 8. The second-order valence-corrected chi connectivity index (χ2v) is 7.55. The number of amides is 1. The fraction of sp³-hybridized carbons (Fsp3) is 0.222. The van der Waals surface area contributed by atoms with Crippen molar-refractivity contribution in [2.24, 2.45) is 0 Å². The van der Waals surface area contributed by atoms with Crippen molar-refractivity contribution in [3.05, 3.63) is 89.5 Å². The van der Waals surface area contributed by atoms with Crippen molar-refractivity contribution in [3.8, 4) is 22.6 Å². The molecule has 0 aliphatic heterocycles. The van der Waals surface area contributed by atoms with Gasteiger partial charge in [-0.1, -0.05) is 60.7 Å². The Bertz CT molecular complexity index is 1080. The lowest BCUT2D eigenvalue weighted by Gasteiger charge is -2.14. The van der Waals surface area contributed by atoms with Crippen LogP contribution in [0.25, 0.3) is 17.2 Å². The van der Waals surface area contributed by atoms with Crippen LogP contribution < -0.4 is 14.8 Å². The summed E-state index contributed by atoms with van der Waals surface area (Å²) in [6, 6.07) is 22.3. The van der Waals surface area contributed by atoms with E-state index in [0.29, 0.717) is 19.6 Å². The molecule has 4 rings (SSSR count). The van der Waals surface area contributed by atoms with Crippen molar-refractivity contribution in [2.45, 2.75) is 12.3 Å². The van der Waals surface area contributed by atoms with Crippen LogP contribution >= 0.6 is 0 Å². The second kappa shape index (κ2) is 10.1. The van der Waals surface area contributed by atoms with Crippen molar-refractivity contribution in [1.29, 1.82) is 0 Å². The Balaban J connectivity index is 1.27. The summed E-state index contributed by atoms with van der Waals surface area (Å²) < 4.78 is 16.2. The summed E-state index contributed by atoms with van der Waals surface area (Å²) in [6.45, 7) is 0.810. The van der Waals surface area contributed by atoms with Crippen molar-refractivity contribution in [1.82, 2.24) is 5.32 Å². The highest BCUT2D eigenvalue weighted by Crippen LogP contribution is 2.44. The van der Waals surface area contributed by atoms with E-state index in [4.69, 9.17) is 14.2 Å². The molecular formula is C27H27NO4. The van der Waals surface area contributed by atoms with E-state index in [1.54, 1.807) is 14.2 Å². The standard InChI is InChI=1S/C27H27NO4/c1-30-20-15-14-19(26(17-20)31-2)9-7-8-16-28-27(29)32-18-25-23-12-5-3-10-21(23)22-11-4-6-13-24(22)25/h3-7,9-15,17,25H,8,16,18H2,1-2H3,(H,28,29). The minimum Gasteiger partial charge on any atom is -0.497 e. The van der Waals surface area contributed by atoms with E-state index >= 15 is 0 Å².